The van der Waals surface area contributed by atoms with Crippen LogP contribution < -0.4 is 0 Å². The van der Waals surface area contributed by atoms with Crippen LogP contribution in [0.3, 0.4) is 0 Å². The molecule has 7 nitrogen and oxygen atoms in total. The number of nitrogens with zero attached hydrogens (tertiary/aromatic N) is 1. The van der Waals surface area contributed by atoms with Gasteiger partial charge in [0.25, 0.3) is 0 Å². The molecule has 1 aromatic carbocycles. The highest BCUT2D eigenvalue weighted by Crippen LogP contribution is 2.36. The van der Waals surface area contributed by atoms with Crippen LogP contribution in [-0.2, 0) is 20.7 Å². The van der Waals surface area contributed by atoms with Crippen molar-refractivity contribution in [3.63, 3.8) is 0 Å². The molecule has 0 aliphatic carbocycles. The first-order chi connectivity index (χ1) is 12.2. The topological polar surface area (TPSA) is 96.3 Å². The van der Waals surface area contributed by atoms with E-state index in [-0.39, 0.29) is 19.4 Å². The number of rotatable bonds is 7. The standard InChI is InChI=1S/C19H27NO6/c1-4-25-17(22)12-14(21)11-16-15(10-13-8-6-5-7-9-13)20(18(23)24)19(2,3)26-16/h5-9,14-16,21H,4,10-12H2,1-3H3,(H,23,24). The number of carbonyl (C=O) groups is 2. The van der Waals surface area contributed by atoms with Gasteiger partial charge >= 0.3 is 12.1 Å². The molecule has 1 heterocycles. The molecule has 0 saturated carbocycles. The van der Waals surface area contributed by atoms with Crippen LogP contribution in [0.4, 0.5) is 4.79 Å². The summed E-state index contributed by atoms with van der Waals surface area (Å²) in [7, 11) is 0. The maximum atomic E-state index is 11.8. The number of hydrogen-bond donors (Lipinski definition) is 2. The molecule has 0 spiro atoms. The van der Waals surface area contributed by atoms with Gasteiger partial charge in [-0.2, -0.15) is 0 Å². The number of benzene rings is 1. The molecule has 3 unspecified atom stereocenters. The van der Waals surface area contributed by atoms with Gasteiger partial charge in [-0.1, -0.05) is 30.3 Å². The van der Waals surface area contributed by atoms with Crippen molar-refractivity contribution in [1.29, 1.82) is 0 Å². The van der Waals surface area contributed by atoms with Crippen LogP contribution in [0, 0.1) is 0 Å². The van der Waals surface area contributed by atoms with Gasteiger partial charge in [-0.15, -0.1) is 0 Å². The fourth-order valence-electron chi connectivity index (χ4n) is 3.49. The van der Waals surface area contributed by atoms with Crippen LogP contribution in [0.15, 0.2) is 30.3 Å². The Kier molecular flexibility index (Phi) is 6.61. The molecule has 26 heavy (non-hydrogen) atoms. The molecule has 2 rings (SSSR count). The van der Waals surface area contributed by atoms with Gasteiger partial charge in [0.05, 0.1) is 31.3 Å². The van der Waals surface area contributed by atoms with Crippen molar-refractivity contribution >= 4 is 12.1 Å². The van der Waals surface area contributed by atoms with E-state index >= 15 is 0 Å². The van der Waals surface area contributed by atoms with Gasteiger partial charge in [0, 0.05) is 6.42 Å². The molecule has 2 N–H and O–H groups in total. The van der Waals surface area contributed by atoms with E-state index < -0.39 is 36.0 Å². The minimum Gasteiger partial charge on any atom is -0.466 e. The van der Waals surface area contributed by atoms with E-state index in [1.165, 1.54) is 4.90 Å². The van der Waals surface area contributed by atoms with E-state index in [2.05, 4.69) is 0 Å². The summed E-state index contributed by atoms with van der Waals surface area (Å²) in [6, 6.07) is 9.09. The Morgan fingerprint density at radius 2 is 1.96 bits per heavy atom. The zero-order valence-corrected chi connectivity index (χ0v) is 15.4. The lowest BCUT2D eigenvalue weighted by Crippen LogP contribution is -2.48. The second kappa shape index (κ2) is 8.51. The van der Waals surface area contributed by atoms with Crippen LogP contribution in [0.25, 0.3) is 0 Å². The second-order valence-electron chi connectivity index (χ2n) is 6.91. The summed E-state index contributed by atoms with van der Waals surface area (Å²) >= 11 is 0. The van der Waals surface area contributed by atoms with Crippen LogP contribution >= 0.6 is 0 Å². The van der Waals surface area contributed by atoms with E-state index in [4.69, 9.17) is 9.47 Å². The van der Waals surface area contributed by atoms with Gasteiger partial charge in [0.2, 0.25) is 0 Å². The minimum atomic E-state index is -1.07. The van der Waals surface area contributed by atoms with E-state index in [0.717, 1.165) is 5.56 Å². The summed E-state index contributed by atoms with van der Waals surface area (Å²) in [5, 5.41) is 19.9. The van der Waals surface area contributed by atoms with Gasteiger partial charge < -0.3 is 19.7 Å². The molecule has 0 aromatic heterocycles. The summed E-state index contributed by atoms with van der Waals surface area (Å²) in [4.78, 5) is 24.7. The van der Waals surface area contributed by atoms with Crippen LogP contribution in [0.5, 0.6) is 0 Å². The lowest BCUT2D eigenvalue weighted by Gasteiger charge is -2.31. The van der Waals surface area contributed by atoms with Gasteiger partial charge in [0.15, 0.2) is 0 Å². The number of carboxylic acid groups (broad SMARTS) is 1. The maximum Gasteiger partial charge on any atom is 0.409 e. The average Bonchev–Trinajstić information content (AvgIpc) is 2.78. The van der Waals surface area contributed by atoms with Crippen molar-refractivity contribution in [2.24, 2.45) is 0 Å². The third-order valence-corrected chi connectivity index (χ3v) is 4.49. The SMILES string of the molecule is CCOC(=O)CC(O)CC1OC(C)(C)N(C(=O)O)C1Cc1ccccc1. The van der Waals surface area contributed by atoms with Gasteiger partial charge in [-0.25, -0.2) is 4.79 Å². The number of esters is 1. The fourth-order valence-corrected chi connectivity index (χ4v) is 3.49. The van der Waals surface area contributed by atoms with Crippen LogP contribution in [0.1, 0.15) is 39.2 Å². The highest BCUT2D eigenvalue weighted by Gasteiger charge is 2.50. The Balaban J connectivity index is 2.16. The van der Waals surface area contributed by atoms with Crippen molar-refractivity contribution in [1.82, 2.24) is 4.90 Å². The smallest absolute Gasteiger partial charge is 0.409 e. The number of ether oxygens (including phenoxy) is 2. The first-order valence-electron chi connectivity index (χ1n) is 8.82. The number of amides is 1. The van der Waals surface area contributed by atoms with Crippen molar-refractivity contribution in [3.8, 4) is 0 Å². The largest absolute Gasteiger partial charge is 0.466 e. The Hall–Kier alpha value is -2.12. The highest BCUT2D eigenvalue weighted by atomic mass is 16.6. The summed E-state index contributed by atoms with van der Waals surface area (Å²) in [6.45, 7) is 5.34. The predicted molar refractivity (Wildman–Crippen MR) is 94.6 cm³/mol. The Morgan fingerprint density at radius 3 is 2.54 bits per heavy atom. The number of aliphatic hydroxyl groups excluding tert-OH is 1. The molecule has 1 aliphatic heterocycles. The predicted octanol–water partition coefficient (Wildman–Crippen LogP) is 2.42. The van der Waals surface area contributed by atoms with Crippen molar-refractivity contribution < 1.29 is 29.3 Å². The molecular formula is C19H27NO6. The molecule has 1 fully saturated rings. The summed E-state index contributed by atoms with van der Waals surface area (Å²) in [5.41, 5.74) is -0.0329. The lowest BCUT2D eigenvalue weighted by molar-refractivity contribution is -0.146. The molecule has 1 aromatic rings. The zero-order valence-electron chi connectivity index (χ0n) is 15.4. The molecule has 1 saturated heterocycles. The second-order valence-corrected chi connectivity index (χ2v) is 6.91. The molecule has 0 bridgehead atoms. The van der Waals surface area contributed by atoms with Crippen molar-refractivity contribution in [2.75, 3.05) is 6.61 Å². The van der Waals surface area contributed by atoms with Crippen molar-refractivity contribution in [2.45, 2.75) is 64.0 Å². The summed E-state index contributed by atoms with van der Waals surface area (Å²) in [6.07, 6.45) is -2.07. The maximum absolute atomic E-state index is 11.8. The van der Waals surface area contributed by atoms with Crippen LogP contribution in [-0.4, -0.2) is 57.8 Å². The third-order valence-electron chi connectivity index (χ3n) is 4.49. The lowest BCUT2D eigenvalue weighted by atomic mass is 9.96. The number of carbonyl (C=O) groups excluding carboxylic acids is 1. The quantitative estimate of drug-likeness (QED) is 0.721. The van der Waals surface area contributed by atoms with Gasteiger partial charge in [-0.3, -0.25) is 9.69 Å². The van der Waals surface area contributed by atoms with Gasteiger partial charge in [-0.05, 0) is 32.8 Å². The van der Waals surface area contributed by atoms with E-state index in [0.29, 0.717) is 6.42 Å². The first-order valence-corrected chi connectivity index (χ1v) is 8.82. The molecule has 1 amide bonds. The first kappa shape index (κ1) is 20.2. The Labute approximate surface area is 153 Å². The van der Waals surface area contributed by atoms with E-state index in [9.17, 15) is 19.8 Å². The average molecular weight is 365 g/mol. The molecule has 0 radical (unpaired) electrons. The van der Waals surface area contributed by atoms with Gasteiger partial charge in [0.1, 0.15) is 5.72 Å². The Morgan fingerprint density at radius 1 is 1.31 bits per heavy atom. The van der Waals surface area contributed by atoms with Crippen molar-refractivity contribution in [3.05, 3.63) is 35.9 Å². The molecule has 3 atom stereocenters. The highest BCUT2D eigenvalue weighted by molar-refractivity contribution is 5.70. The number of hydrogen-bond acceptors (Lipinski definition) is 5. The zero-order chi connectivity index (χ0) is 19.3. The minimum absolute atomic E-state index is 0.140. The number of aliphatic hydroxyl groups is 1. The molecule has 144 valence electrons. The molecular weight excluding hydrogens is 338 g/mol. The fraction of sp³-hybridized carbons (Fsp3) is 0.579. The Bertz CT molecular complexity index is 618. The monoisotopic (exact) mass is 365 g/mol. The summed E-state index contributed by atoms with van der Waals surface area (Å²) in [5.74, 6) is -0.480. The molecule has 7 heteroatoms. The normalized spacial score (nSPS) is 22.8. The van der Waals surface area contributed by atoms with E-state index in [1.54, 1.807) is 20.8 Å². The van der Waals surface area contributed by atoms with E-state index in [1.807, 2.05) is 30.3 Å². The third kappa shape index (κ3) is 4.95. The van der Waals surface area contributed by atoms with Crippen LogP contribution in [0.2, 0.25) is 0 Å². The summed E-state index contributed by atoms with van der Waals surface area (Å²) < 4.78 is 10.8. The molecule has 1 aliphatic rings.